The molecule has 5 atom stereocenters. The molecule has 1 amide bonds. The van der Waals surface area contributed by atoms with Crippen molar-refractivity contribution in [2.45, 2.75) is 43.5 Å². The molecule has 1 saturated heterocycles. The van der Waals surface area contributed by atoms with Crippen LogP contribution < -0.4 is 5.32 Å². The monoisotopic (exact) mass is 387 g/mol. The van der Waals surface area contributed by atoms with Gasteiger partial charge in [0.2, 0.25) is 5.91 Å². The van der Waals surface area contributed by atoms with Crippen LogP contribution in [-0.4, -0.2) is 63.6 Å². The highest BCUT2D eigenvalue weighted by Crippen LogP contribution is 2.21. The predicted molar refractivity (Wildman–Crippen MR) is 102 cm³/mol. The van der Waals surface area contributed by atoms with Gasteiger partial charge in [-0.3, -0.25) is 4.79 Å². The quantitative estimate of drug-likeness (QED) is 0.483. The number of rotatable bonds is 6. The van der Waals surface area contributed by atoms with Crippen LogP contribution in [0, 0.1) is 0 Å². The van der Waals surface area contributed by atoms with Crippen molar-refractivity contribution in [3.63, 3.8) is 0 Å². The van der Waals surface area contributed by atoms with Gasteiger partial charge in [-0.2, -0.15) is 0 Å². The largest absolute Gasteiger partial charge is 0.394 e. The molecular formula is C21H25NO6. The van der Waals surface area contributed by atoms with Crippen LogP contribution in [0.3, 0.4) is 0 Å². The van der Waals surface area contributed by atoms with E-state index in [0.29, 0.717) is 6.42 Å². The smallest absolute Gasteiger partial charge is 0.222 e. The van der Waals surface area contributed by atoms with Gasteiger partial charge < -0.3 is 30.5 Å². The van der Waals surface area contributed by atoms with Crippen LogP contribution in [0.4, 0.5) is 0 Å². The zero-order valence-electron chi connectivity index (χ0n) is 15.3. The molecule has 2 aromatic carbocycles. The maximum absolute atomic E-state index is 12.2. The molecule has 0 radical (unpaired) electrons. The predicted octanol–water partition coefficient (Wildman–Crippen LogP) is 0.202. The van der Waals surface area contributed by atoms with Crippen LogP contribution in [0.2, 0.25) is 0 Å². The molecule has 0 bridgehead atoms. The van der Waals surface area contributed by atoms with Crippen LogP contribution in [0.1, 0.15) is 12.0 Å². The number of hydrogen-bond donors (Lipinski definition) is 5. The van der Waals surface area contributed by atoms with Crippen molar-refractivity contribution in [1.29, 1.82) is 0 Å². The number of aliphatic hydroxyl groups excluding tert-OH is 4. The van der Waals surface area contributed by atoms with Gasteiger partial charge in [0.15, 0.2) is 6.23 Å². The lowest BCUT2D eigenvalue weighted by Gasteiger charge is -2.40. The van der Waals surface area contributed by atoms with Gasteiger partial charge in [-0.25, -0.2) is 0 Å². The lowest BCUT2D eigenvalue weighted by molar-refractivity contribution is -0.235. The average molecular weight is 387 g/mol. The third-order valence-corrected chi connectivity index (χ3v) is 4.90. The Morgan fingerprint density at radius 3 is 2.18 bits per heavy atom. The van der Waals surface area contributed by atoms with Crippen molar-refractivity contribution in [2.24, 2.45) is 0 Å². The van der Waals surface area contributed by atoms with Crippen molar-refractivity contribution in [1.82, 2.24) is 5.32 Å². The van der Waals surface area contributed by atoms with E-state index in [1.165, 1.54) is 0 Å². The first-order valence-electron chi connectivity index (χ1n) is 9.24. The molecule has 7 nitrogen and oxygen atoms in total. The molecule has 7 heteroatoms. The summed E-state index contributed by atoms with van der Waals surface area (Å²) in [5.74, 6) is -0.364. The number of benzene rings is 2. The van der Waals surface area contributed by atoms with Gasteiger partial charge in [-0.1, -0.05) is 54.6 Å². The summed E-state index contributed by atoms with van der Waals surface area (Å²) in [6.45, 7) is -0.537. The number of hydrogen-bond acceptors (Lipinski definition) is 6. The van der Waals surface area contributed by atoms with Gasteiger partial charge >= 0.3 is 0 Å². The lowest BCUT2D eigenvalue weighted by atomic mass is 9.98. The summed E-state index contributed by atoms with van der Waals surface area (Å²) in [5.41, 5.74) is 3.20. The third kappa shape index (κ3) is 4.76. The second kappa shape index (κ2) is 9.27. The summed E-state index contributed by atoms with van der Waals surface area (Å²) >= 11 is 0. The normalized spacial score (nSPS) is 27.4. The van der Waals surface area contributed by atoms with Crippen LogP contribution in [0.25, 0.3) is 11.1 Å². The highest BCUT2D eigenvalue weighted by atomic mass is 16.6. The third-order valence-electron chi connectivity index (χ3n) is 4.90. The second-order valence-electron chi connectivity index (χ2n) is 6.88. The Labute approximate surface area is 163 Å². The second-order valence-corrected chi connectivity index (χ2v) is 6.88. The van der Waals surface area contributed by atoms with E-state index in [9.17, 15) is 25.2 Å². The summed E-state index contributed by atoms with van der Waals surface area (Å²) in [5, 5.41) is 41.2. The molecule has 1 heterocycles. The minimum atomic E-state index is -1.51. The number of amides is 1. The maximum Gasteiger partial charge on any atom is 0.222 e. The Balaban J connectivity index is 1.53. The molecule has 150 valence electrons. The molecule has 1 aliphatic heterocycles. The number of carbonyl (C=O) groups is 1. The molecule has 1 fully saturated rings. The minimum absolute atomic E-state index is 0.166. The van der Waals surface area contributed by atoms with Crippen molar-refractivity contribution in [2.75, 3.05) is 6.61 Å². The highest BCUT2D eigenvalue weighted by Gasteiger charge is 2.43. The van der Waals surface area contributed by atoms with E-state index >= 15 is 0 Å². The Bertz CT molecular complexity index is 764. The first-order valence-corrected chi connectivity index (χ1v) is 9.24. The van der Waals surface area contributed by atoms with E-state index < -0.39 is 37.3 Å². The zero-order valence-corrected chi connectivity index (χ0v) is 15.3. The standard InChI is InChI=1S/C21H25NO6/c23-12-16-18(25)19(26)20(27)21(28-16)22-17(24)11-8-13-6-9-15(10-7-13)14-4-2-1-3-5-14/h1-7,9-10,16,18-21,23,25-27H,8,11-12H2,(H,22,24)/t16-,18-,19+,20-,21-/m1/s1. The number of nitrogens with one attached hydrogen (secondary N) is 1. The molecule has 0 aromatic heterocycles. The highest BCUT2D eigenvalue weighted by molar-refractivity contribution is 5.76. The van der Waals surface area contributed by atoms with Crippen molar-refractivity contribution in [3.8, 4) is 11.1 Å². The fourth-order valence-corrected chi connectivity index (χ4v) is 3.20. The van der Waals surface area contributed by atoms with Gasteiger partial charge in [0.05, 0.1) is 6.61 Å². The van der Waals surface area contributed by atoms with Gasteiger partial charge in [0.1, 0.15) is 24.4 Å². The van der Waals surface area contributed by atoms with E-state index in [-0.39, 0.29) is 12.3 Å². The molecule has 2 aromatic rings. The minimum Gasteiger partial charge on any atom is -0.394 e. The summed E-state index contributed by atoms with van der Waals surface area (Å²) in [6.07, 6.45) is -6.01. The van der Waals surface area contributed by atoms with Crippen LogP contribution >= 0.6 is 0 Å². The number of ether oxygens (including phenoxy) is 1. The van der Waals surface area contributed by atoms with Gasteiger partial charge in [0.25, 0.3) is 0 Å². The van der Waals surface area contributed by atoms with Gasteiger partial charge in [-0.15, -0.1) is 0 Å². The van der Waals surface area contributed by atoms with Crippen molar-refractivity contribution in [3.05, 3.63) is 60.2 Å². The molecule has 0 saturated carbocycles. The fraction of sp³-hybridized carbons (Fsp3) is 0.381. The van der Waals surface area contributed by atoms with Crippen LogP contribution in [0.15, 0.2) is 54.6 Å². The first-order chi connectivity index (χ1) is 13.5. The number of aliphatic hydroxyl groups is 4. The van der Waals surface area contributed by atoms with Crippen molar-refractivity contribution >= 4 is 5.91 Å². The molecule has 0 aliphatic carbocycles. The summed E-state index contributed by atoms with van der Waals surface area (Å²) in [6, 6.07) is 17.9. The SMILES string of the molecule is O=C(CCc1ccc(-c2ccccc2)cc1)N[C@@H]1O[C@H](CO)[C@@H](O)[C@H](O)[C@H]1O. The van der Waals surface area contributed by atoms with Crippen LogP contribution in [0.5, 0.6) is 0 Å². The van der Waals surface area contributed by atoms with E-state index in [2.05, 4.69) is 5.32 Å². The molecular weight excluding hydrogens is 362 g/mol. The maximum atomic E-state index is 12.2. The molecule has 3 rings (SSSR count). The Kier molecular flexibility index (Phi) is 6.77. The molecule has 0 spiro atoms. The van der Waals surface area contributed by atoms with E-state index in [1.54, 1.807) is 0 Å². The summed E-state index contributed by atoms with van der Waals surface area (Å²) < 4.78 is 5.28. The Hall–Kier alpha value is -2.29. The lowest BCUT2D eigenvalue weighted by Crippen LogP contribution is -2.63. The van der Waals surface area contributed by atoms with E-state index in [0.717, 1.165) is 16.7 Å². The molecule has 1 aliphatic rings. The van der Waals surface area contributed by atoms with Crippen LogP contribution in [-0.2, 0) is 16.0 Å². The Morgan fingerprint density at radius 2 is 1.54 bits per heavy atom. The zero-order chi connectivity index (χ0) is 20.1. The number of aryl methyl sites for hydroxylation is 1. The summed E-state index contributed by atoms with van der Waals surface area (Å²) in [7, 11) is 0. The number of carbonyl (C=O) groups excluding carboxylic acids is 1. The molecule has 5 N–H and O–H groups in total. The first kappa shape index (κ1) is 20.4. The molecule has 28 heavy (non-hydrogen) atoms. The average Bonchev–Trinajstić information content (AvgIpc) is 2.73. The fourth-order valence-electron chi connectivity index (χ4n) is 3.20. The summed E-state index contributed by atoms with van der Waals surface area (Å²) in [4.78, 5) is 12.2. The van der Waals surface area contributed by atoms with Crippen molar-refractivity contribution < 1.29 is 30.0 Å². The topological polar surface area (TPSA) is 119 Å². The Morgan fingerprint density at radius 1 is 0.893 bits per heavy atom. The van der Waals surface area contributed by atoms with Gasteiger partial charge in [-0.05, 0) is 23.1 Å². The van der Waals surface area contributed by atoms with Gasteiger partial charge in [0, 0.05) is 6.42 Å². The molecule has 0 unspecified atom stereocenters. The van der Waals surface area contributed by atoms with E-state index in [1.807, 2.05) is 54.6 Å². The van der Waals surface area contributed by atoms with E-state index in [4.69, 9.17) is 4.74 Å².